The second-order valence-electron chi connectivity index (χ2n) is 3.39. The monoisotopic (exact) mass is 282 g/mol. The summed E-state index contributed by atoms with van der Waals surface area (Å²) in [5.41, 5.74) is 6.30. The van der Waals surface area contributed by atoms with Crippen LogP contribution in [0, 0.1) is 0 Å². The smallest absolute Gasteiger partial charge is 0.258 e. The van der Waals surface area contributed by atoms with Crippen molar-refractivity contribution in [2.24, 2.45) is 0 Å². The molecule has 7 heteroatoms. The fraction of sp³-hybridized carbons (Fsp3) is 0. The summed E-state index contributed by atoms with van der Waals surface area (Å²) in [4.78, 5) is 19.6. The standard InChI is InChI=1S/C11H8Cl2N4O/c12-7-2-1-6(5-8(7)14)10(18)17-11-15-4-3-9(13)16-11/h1-5H,14H2,(H,15,16,17,18). The van der Waals surface area contributed by atoms with Gasteiger partial charge in [-0.3, -0.25) is 10.1 Å². The molecule has 5 nitrogen and oxygen atoms in total. The molecule has 0 radical (unpaired) electrons. The number of benzene rings is 1. The van der Waals surface area contributed by atoms with Crippen LogP contribution in [0.2, 0.25) is 10.2 Å². The summed E-state index contributed by atoms with van der Waals surface area (Å²) in [6.45, 7) is 0. The van der Waals surface area contributed by atoms with Crippen LogP contribution in [-0.4, -0.2) is 15.9 Å². The lowest BCUT2D eigenvalue weighted by Gasteiger charge is -2.05. The Labute approximate surface area is 113 Å². The van der Waals surface area contributed by atoms with Crippen LogP contribution in [0.3, 0.4) is 0 Å². The zero-order chi connectivity index (χ0) is 13.1. The molecule has 0 aliphatic carbocycles. The number of carbonyl (C=O) groups excluding carboxylic acids is 1. The fourth-order valence-corrected chi connectivity index (χ4v) is 1.51. The summed E-state index contributed by atoms with van der Waals surface area (Å²) in [5.74, 6) is -0.262. The predicted octanol–water partition coefficient (Wildman–Crippen LogP) is 2.62. The number of rotatable bonds is 2. The molecule has 92 valence electrons. The topological polar surface area (TPSA) is 80.9 Å². The maximum absolute atomic E-state index is 11.9. The number of aromatic nitrogens is 2. The molecular formula is C11H8Cl2N4O. The van der Waals surface area contributed by atoms with Crippen LogP contribution < -0.4 is 11.1 Å². The van der Waals surface area contributed by atoms with Crippen molar-refractivity contribution in [2.45, 2.75) is 0 Å². The van der Waals surface area contributed by atoms with Crippen molar-refractivity contribution < 1.29 is 4.79 Å². The number of amides is 1. The van der Waals surface area contributed by atoms with Gasteiger partial charge in [-0.25, -0.2) is 9.97 Å². The number of carbonyl (C=O) groups is 1. The summed E-state index contributed by atoms with van der Waals surface area (Å²) in [5, 5.41) is 3.14. The van der Waals surface area contributed by atoms with Crippen molar-refractivity contribution in [3.8, 4) is 0 Å². The molecule has 2 rings (SSSR count). The quantitative estimate of drug-likeness (QED) is 0.655. The van der Waals surface area contributed by atoms with Gasteiger partial charge in [0.1, 0.15) is 5.15 Å². The Morgan fingerprint density at radius 3 is 2.72 bits per heavy atom. The van der Waals surface area contributed by atoms with E-state index >= 15 is 0 Å². The molecule has 0 aliphatic heterocycles. The second kappa shape index (κ2) is 5.20. The second-order valence-corrected chi connectivity index (χ2v) is 4.19. The van der Waals surface area contributed by atoms with Crippen molar-refractivity contribution in [2.75, 3.05) is 11.1 Å². The first-order valence-corrected chi connectivity index (χ1v) is 5.67. The van der Waals surface area contributed by atoms with Crippen LogP contribution in [0.4, 0.5) is 11.6 Å². The number of halogens is 2. The van der Waals surface area contributed by atoms with Gasteiger partial charge in [0.25, 0.3) is 5.91 Å². The highest BCUT2D eigenvalue weighted by Crippen LogP contribution is 2.20. The molecule has 0 fully saturated rings. The minimum atomic E-state index is -0.388. The number of nitrogens with zero attached hydrogens (tertiary/aromatic N) is 2. The molecule has 0 aliphatic rings. The average Bonchev–Trinajstić information content (AvgIpc) is 2.32. The SMILES string of the molecule is Nc1cc(C(=O)Nc2nccc(Cl)n2)ccc1Cl. The lowest BCUT2D eigenvalue weighted by Crippen LogP contribution is -2.14. The van der Waals surface area contributed by atoms with Gasteiger partial charge in [-0.15, -0.1) is 0 Å². The number of nitrogens with one attached hydrogen (secondary N) is 1. The Kier molecular flexibility index (Phi) is 3.64. The van der Waals surface area contributed by atoms with Gasteiger partial charge in [0.15, 0.2) is 0 Å². The van der Waals surface area contributed by atoms with Crippen LogP contribution in [0.5, 0.6) is 0 Å². The molecule has 1 amide bonds. The lowest BCUT2D eigenvalue weighted by molar-refractivity contribution is 0.102. The zero-order valence-electron chi connectivity index (χ0n) is 9.02. The van der Waals surface area contributed by atoms with E-state index in [0.717, 1.165) is 0 Å². The third-order valence-corrected chi connectivity index (χ3v) is 2.66. The summed E-state index contributed by atoms with van der Waals surface area (Å²) in [7, 11) is 0. The Hall–Kier alpha value is -1.85. The van der Waals surface area contributed by atoms with E-state index in [1.54, 1.807) is 12.1 Å². The Morgan fingerprint density at radius 2 is 2.06 bits per heavy atom. The van der Waals surface area contributed by atoms with Gasteiger partial charge >= 0.3 is 0 Å². The zero-order valence-corrected chi connectivity index (χ0v) is 10.5. The van der Waals surface area contributed by atoms with Crippen LogP contribution in [-0.2, 0) is 0 Å². The number of hydrogen-bond donors (Lipinski definition) is 2. The molecule has 0 bridgehead atoms. The minimum Gasteiger partial charge on any atom is -0.398 e. The largest absolute Gasteiger partial charge is 0.398 e. The van der Waals surface area contributed by atoms with E-state index in [1.807, 2.05) is 0 Å². The average molecular weight is 283 g/mol. The van der Waals surface area contributed by atoms with E-state index < -0.39 is 0 Å². The Balaban J connectivity index is 2.19. The van der Waals surface area contributed by atoms with Crippen LogP contribution >= 0.6 is 23.2 Å². The first-order chi connectivity index (χ1) is 8.56. The molecule has 1 heterocycles. The summed E-state index contributed by atoms with van der Waals surface area (Å²) < 4.78 is 0. The molecule has 3 N–H and O–H groups in total. The maximum Gasteiger partial charge on any atom is 0.258 e. The van der Waals surface area contributed by atoms with Crippen molar-refractivity contribution in [3.63, 3.8) is 0 Å². The highest BCUT2D eigenvalue weighted by molar-refractivity contribution is 6.33. The first-order valence-electron chi connectivity index (χ1n) is 4.91. The van der Waals surface area contributed by atoms with E-state index in [1.165, 1.54) is 18.3 Å². The van der Waals surface area contributed by atoms with Crippen molar-refractivity contribution in [3.05, 3.63) is 46.2 Å². The van der Waals surface area contributed by atoms with E-state index in [0.29, 0.717) is 16.3 Å². The molecule has 0 spiro atoms. The Morgan fingerprint density at radius 1 is 1.28 bits per heavy atom. The van der Waals surface area contributed by atoms with E-state index in [2.05, 4.69) is 15.3 Å². The molecule has 2 aromatic rings. The third kappa shape index (κ3) is 2.88. The third-order valence-electron chi connectivity index (χ3n) is 2.11. The van der Waals surface area contributed by atoms with Gasteiger partial charge in [0, 0.05) is 11.8 Å². The van der Waals surface area contributed by atoms with Crippen LogP contribution in [0.15, 0.2) is 30.5 Å². The van der Waals surface area contributed by atoms with Gasteiger partial charge in [0.05, 0.1) is 10.7 Å². The maximum atomic E-state index is 11.9. The van der Waals surface area contributed by atoms with Crippen LogP contribution in [0.1, 0.15) is 10.4 Å². The summed E-state index contributed by atoms with van der Waals surface area (Å²) in [6, 6.07) is 6.09. The first kappa shape index (κ1) is 12.6. The van der Waals surface area contributed by atoms with Crippen LogP contribution in [0.25, 0.3) is 0 Å². The molecule has 0 unspecified atom stereocenters. The molecular weight excluding hydrogens is 275 g/mol. The van der Waals surface area contributed by atoms with E-state index in [4.69, 9.17) is 28.9 Å². The highest BCUT2D eigenvalue weighted by atomic mass is 35.5. The van der Waals surface area contributed by atoms with Gasteiger partial charge in [-0.1, -0.05) is 23.2 Å². The lowest BCUT2D eigenvalue weighted by atomic mass is 10.2. The van der Waals surface area contributed by atoms with Gasteiger partial charge < -0.3 is 5.73 Å². The Bertz CT molecular complexity index is 603. The van der Waals surface area contributed by atoms with E-state index in [9.17, 15) is 4.79 Å². The van der Waals surface area contributed by atoms with E-state index in [-0.39, 0.29) is 17.0 Å². The predicted molar refractivity (Wildman–Crippen MR) is 70.9 cm³/mol. The van der Waals surface area contributed by atoms with Crippen molar-refractivity contribution >= 4 is 40.7 Å². The number of hydrogen-bond acceptors (Lipinski definition) is 4. The highest BCUT2D eigenvalue weighted by Gasteiger charge is 2.09. The molecule has 0 saturated heterocycles. The number of nitrogens with two attached hydrogens (primary N) is 1. The molecule has 1 aromatic carbocycles. The van der Waals surface area contributed by atoms with Crippen molar-refractivity contribution in [1.29, 1.82) is 0 Å². The molecule has 18 heavy (non-hydrogen) atoms. The molecule has 0 atom stereocenters. The summed E-state index contributed by atoms with van der Waals surface area (Å²) in [6.07, 6.45) is 1.45. The van der Waals surface area contributed by atoms with Gasteiger partial charge in [0.2, 0.25) is 5.95 Å². The number of nitrogen functional groups attached to an aromatic ring is 1. The fourth-order valence-electron chi connectivity index (χ4n) is 1.26. The van der Waals surface area contributed by atoms with Gasteiger partial charge in [-0.05, 0) is 24.3 Å². The van der Waals surface area contributed by atoms with Crippen molar-refractivity contribution in [1.82, 2.24) is 9.97 Å². The number of anilines is 2. The van der Waals surface area contributed by atoms with Gasteiger partial charge in [-0.2, -0.15) is 0 Å². The normalized spacial score (nSPS) is 10.1. The summed E-state index contributed by atoms with van der Waals surface area (Å²) >= 11 is 11.4. The molecule has 1 aromatic heterocycles. The molecule has 0 saturated carbocycles. The minimum absolute atomic E-state index is 0.126.